The first-order chi connectivity index (χ1) is 7.29. The number of aromatic amines is 1. The van der Waals surface area contributed by atoms with Gasteiger partial charge in [0, 0.05) is 5.56 Å². The molecule has 0 radical (unpaired) electrons. The zero-order valence-corrected chi connectivity index (χ0v) is 8.36. The van der Waals surface area contributed by atoms with Gasteiger partial charge in [-0.3, -0.25) is 5.10 Å². The van der Waals surface area contributed by atoms with Gasteiger partial charge in [-0.05, 0) is 13.0 Å². The van der Waals surface area contributed by atoms with Gasteiger partial charge in [-0.15, -0.1) is 0 Å². The molecule has 0 amide bonds. The summed E-state index contributed by atoms with van der Waals surface area (Å²) in [6.07, 6.45) is 0.263. The molecule has 2 aromatic rings. The SMILES string of the molecule is Cc1cccc(-c2n[nH]c(CC#N)n2)c1. The largest absolute Gasteiger partial charge is 0.262 e. The average molecular weight is 198 g/mol. The molecule has 0 aliphatic rings. The molecule has 4 nitrogen and oxygen atoms in total. The molecule has 0 aliphatic heterocycles. The molecule has 0 spiro atoms. The maximum absolute atomic E-state index is 8.51. The zero-order valence-electron chi connectivity index (χ0n) is 8.36. The van der Waals surface area contributed by atoms with Crippen molar-refractivity contribution in [1.82, 2.24) is 15.2 Å². The number of benzene rings is 1. The normalized spacial score (nSPS) is 9.87. The Kier molecular flexibility index (Phi) is 2.46. The van der Waals surface area contributed by atoms with Crippen LogP contribution in [0.25, 0.3) is 11.4 Å². The van der Waals surface area contributed by atoms with Gasteiger partial charge in [-0.2, -0.15) is 10.4 Å². The zero-order chi connectivity index (χ0) is 10.7. The van der Waals surface area contributed by atoms with Crippen molar-refractivity contribution >= 4 is 0 Å². The lowest BCUT2D eigenvalue weighted by atomic mass is 10.1. The molecule has 1 heterocycles. The van der Waals surface area contributed by atoms with Crippen molar-refractivity contribution < 1.29 is 0 Å². The molecule has 0 saturated heterocycles. The van der Waals surface area contributed by atoms with E-state index in [-0.39, 0.29) is 6.42 Å². The summed E-state index contributed by atoms with van der Waals surface area (Å²) in [6, 6.07) is 9.97. The van der Waals surface area contributed by atoms with E-state index in [1.807, 2.05) is 37.3 Å². The fourth-order valence-electron chi connectivity index (χ4n) is 1.36. The van der Waals surface area contributed by atoms with Gasteiger partial charge >= 0.3 is 0 Å². The predicted octanol–water partition coefficient (Wildman–Crippen LogP) is 1.85. The van der Waals surface area contributed by atoms with Crippen LogP contribution in [0.1, 0.15) is 11.4 Å². The van der Waals surface area contributed by atoms with Gasteiger partial charge in [0.1, 0.15) is 5.82 Å². The van der Waals surface area contributed by atoms with Gasteiger partial charge < -0.3 is 0 Å². The molecule has 0 fully saturated rings. The fraction of sp³-hybridized carbons (Fsp3) is 0.182. The van der Waals surface area contributed by atoms with Crippen LogP contribution < -0.4 is 0 Å². The van der Waals surface area contributed by atoms with E-state index < -0.39 is 0 Å². The number of nitrogens with zero attached hydrogens (tertiary/aromatic N) is 3. The summed E-state index contributed by atoms with van der Waals surface area (Å²) in [7, 11) is 0. The fourth-order valence-corrected chi connectivity index (χ4v) is 1.36. The summed E-state index contributed by atoms with van der Waals surface area (Å²) in [5, 5.41) is 15.3. The Morgan fingerprint density at radius 2 is 2.33 bits per heavy atom. The van der Waals surface area contributed by atoms with Crippen LogP contribution in [0.4, 0.5) is 0 Å². The molecule has 0 unspecified atom stereocenters. The Balaban J connectivity index is 2.34. The van der Waals surface area contributed by atoms with Gasteiger partial charge in [-0.25, -0.2) is 4.98 Å². The third-order valence-electron chi connectivity index (χ3n) is 2.05. The van der Waals surface area contributed by atoms with Crippen LogP contribution in [-0.4, -0.2) is 15.2 Å². The van der Waals surface area contributed by atoms with Crippen molar-refractivity contribution in [2.45, 2.75) is 13.3 Å². The number of nitriles is 1. The highest BCUT2D eigenvalue weighted by Crippen LogP contribution is 2.15. The molecule has 0 saturated carbocycles. The Morgan fingerprint density at radius 1 is 1.47 bits per heavy atom. The minimum Gasteiger partial charge on any atom is -0.262 e. The van der Waals surface area contributed by atoms with Gasteiger partial charge in [0.25, 0.3) is 0 Å². The summed E-state index contributed by atoms with van der Waals surface area (Å²) in [5.41, 5.74) is 2.13. The number of hydrogen-bond donors (Lipinski definition) is 1. The number of nitrogens with one attached hydrogen (secondary N) is 1. The van der Waals surface area contributed by atoms with Crippen molar-refractivity contribution in [2.24, 2.45) is 0 Å². The molecule has 4 heteroatoms. The van der Waals surface area contributed by atoms with Crippen LogP contribution in [0.2, 0.25) is 0 Å². The van der Waals surface area contributed by atoms with Crippen LogP contribution in [0.3, 0.4) is 0 Å². The molecule has 74 valence electrons. The maximum atomic E-state index is 8.51. The van der Waals surface area contributed by atoms with E-state index in [2.05, 4.69) is 15.2 Å². The van der Waals surface area contributed by atoms with Crippen molar-refractivity contribution in [1.29, 1.82) is 5.26 Å². The van der Waals surface area contributed by atoms with Crippen LogP contribution in [0, 0.1) is 18.3 Å². The average Bonchev–Trinajstić information content (AvgIpc) is 2.67. The predicted molar refractivity (Wildman–Crippen MR) is 55.9 cm³/mol. The summed E-state index contributed by atoms with van der Waals surface area (Å²) < 4.78 is 0. The van der Waals surface area contributed by atoms with Crippen molar-refractivity contribution in [3.05, 3.63) is 35.7 Å². The first-order valence-electron chi connectivity index (χ1n) is 4.65. The van der Waals surface area contributed by atoms with Crippen LogP contribution in [0.5, 0.6) is 0 Å². The molecular weight excluding hydrogens is 188 g/mol. The quantitative estimate of drug-likeness (QED) is 0.800. The van der Waals surface area contributed by atoms with Gasteiger partial charge in [-0.1, -0.05) is 23.8 Å². The maximum Gasteiger partial charge on any atom is 0.181 e. The highest BCUT2D eigenvalue weighted by molar-refractivity contribution is 5.55. The van der Waals surface area contributed by atoms with E-state index in [1.54, 1.807) is 0 Å². The van der Waals surface area contributed by atoms with E-state index in [0.717, 1.165) is 5.56 Å². The lowest BCUT2D eigenvalue weighted by Crippen LogP contribution is -1.84. The van der Waals surface area contributed by atoms with Gasteiger partial charge in [0.05, 0.1) is 12.5 Å². The van der Waals surface area contributed by atoms with E-state index >= 15 is 0 Å². The van der Waals surface area contributed by atoms with Gasteiger partial charge in [0.2, 0.25) is 0 Å². The van der Waals surface area contributed by atoms with Crippen molar-refractivity contribution in [3.8, 4) is 17.5 Å². The van der Waals surface area contributed by atoms with Crippen LogP contribution >= 0.6 is 0 Å². The highest BCUT2D eigenvalue weighted by Gasteiger charge is 2.04. The number of H-pyrrole nitrogens is 1. The number of aromatic nitrogens is 3. The Morgan fingerprint density at radius 3 is 3.07 bits per heavy atom. The molecule has 15 heavy (non-hydrogen) atoms. The van der Waals surface area contributed by atoms with E-state index in [4.69, 9.17) is 5.26 Å². The Labute approximate surface area is 87.6 Å². The first-order valence-corrected chi connectivity index (χ1v) is 4.65. The minimum atomic E-state index is 0.263. The third kappa shape index (κ3) is 2.02. The van der Waals surface area contributed by atoms with Crippen molar-refractivity contribution in [2.75, 3.05) is 0 Å². The first kappa shape index (κ1) is 9.41. The lowest BCUT2D eigenvalue weighted by molar-refractivity contribution is 0.996. The summed E-state index contributed by atoms with van der Waals surface area (Å²) in [6.45, 7) is 2.02. The topological polar surface area (TPSA) is 65.4 Å². The Bertz CT molecular complexity index is 507. The van der Waals surface area contributed by atoms with E-state index in [0.29, 0.717) is 11.6 Å². The second-order valence-corrected chi connectivity index (χ2v) is 3.31. The van der Waals surface area contributed by atoms with E-state index in [1.165, 1.54) is 5.56 Å². The van der Waals surface area contributed by atoms with Gasteiger partial charge in [0.15, 0.2) is 5.82 Å². The minimum absolute atomic E-state index is 0.263. The second kappa shape index (κ2) is 3.93. The molecule has 0 atom stereocenters. The molecule has 1 N–H and O–H groups in total. The number of hydrogen-bond acceptors (Lipinski definition) is 3. The molecular formula is C11H10N4. The second-order valence-electron chi connectivity index (χ2n) is 3.31. The summed E-state index contributed by atoms with van der Waals surface area (Å²) >= 11 is 0. The smallest absolute Gasteiger partial charge is 0.181 e. The number of rotatable bonds is 2. The van der Waals surface area contributed by atoms with E-state index in [9.17, 15) is 0 Å². The monoisotopic (exact) mass is 198 g/mol. The van der Waals surface area contributed by atoms with Crippen LogP contribution in [-0.2, 0) is 6.42 Å². The molecule has 0 bridgehead atoms. The Hall–Kier alpha value is -2.15. The van der Waals surface area contributed by atoms with Crippen LogP contribution in [0.15, 0.2) is 24.3 Å². The number of aryl methyl sites for hydroxylation is 1. The third-order valence-corrected chi connectivity index (χ3v) is 2.05. The molecule has 2 rings (SSSR count). The molecule has 0 aliphatic carbocycles. The standard InChI is InChI=1S/C11H10N4/c1-8-3-2-4-9(7-8)11-13-10(5-6-12)14-15-11/h2-4,7H,5H2,1H3,(H,13,14,15). The lowest BCUT2D eigenvalue weighted by Gasteiger charge is -1.95. The summed E-state index contributed by atoms with van der Waals surface area (Å²) in [5.74, 6) is 1.25. The molecule has 1 aromatic heterocycles. The molecule has 1 aromatic carbocycles. The van der Waals surface area contributed by atoms with Crippen molar-refractivity contribution in [3.63, 3.8) is 0 Å². The summed E-state index contributed by atoms with van der Waals surface area (Å²) in [4.78, 5) is 4.22. The highest BCUT2D eigenvalue weighted by atomic mass is 15.2.